The molecule has 1 heterocycles. The van der Waals surface area contributed by atoms with Crippen molar-refractivity contribution >= 4 is 51.5 Å². The Morgan fingerprint density at radius 2 is 1.81 bits per heavy atom. The van der Waals surface area contributed by atoms with Gasteiger partial charge in [0.25, 0.3) is 11.8 Å². The first-order chi connectivity index (χ1) is 15.3. The van der Waals surface area contributed by atoms with E-state index in [2.05, 4.69) is 10.3 Å². The zero-order valence-corrected chi connectivity index (χ0v) is 20.0. The maximum atomic E-state index is 12.7. The molecule has 0 fully saturated rings. The van der Waals surface area contributed by atoms with Gasteiger partial charge in [0, 0.05) is 24.5 Å². The quantitative estimate of drug-likeness (QED) is 0.475. The Hall–Kier alpha value is -2.81. The van der Waals surface area contributed by atoms with E-state index in [9.17, 15) is 9.59 Å². The van der Waals surface area contributed by atoms with Gasteiger partial charge < -0.3 is 14.4 Å². The second-order valence-corrected chi connectivity index (χ2v) is 8.46. The van der Waals surface area contributed by atoms with Crippen LogP contribution in [0.4, 0.5) is 5.13 Å². The molecule has 3 rings (SSSR count). The minimum Gasteiger partial charge on any atom is -0.493 e. The first-order valence-corrected chi connectivity index (χ1v) is 11.1. The number of halogens is 2. The van der Waals surface area contributed by atoms with Crippen LogP contribution in [0, 0.1) is 0 Å². The number of nitrogens with one attached hydrogen (secondary N) is 1. The van der Waals surface area contributed by atoms with E-state index in [-0.39, 0.29) is 16.6 Å². The fourth-order valence-corrected chi connectivity index (χ4v) is 3.84. The lowest BCUT2D eigenvalue weighted by atomic mass is 10.1. The Bertz CT molecular complexity index is 1140. The van der Waals surface area contributed by atoms with Crippen LogP contribution in [0.5, 0.6) is 11.5 Å². The van der Waals surface area contributed by atoms with Crippen molar-refractivity contribution in [1.29, 1.82) is 0 Å². The molecule has 168 valence electrons. The third kappa shape index (κ3) is 5.70. The van der Waals surface area contributed by atoms with Gasteiger partial charge in [0.1, 0.15) is 5.69 Å². The zero-order valence-electron chi connectivity index (χ0n) is 17.6. The van der Waals surface area contributed by atoms with Crippen molar-refractivity contribution in [2.24, 2.45) is 0 Å². The van der Waals surface area contributed by atoms with Crippen molar-refractivity contribution in [1.82, 2.24) is 9.88 Å². The Kier molecular flexibility index (Phi) is 7.95. The number of nitrogens with zero attached hydrogens (tertiary/aromatic N) is 2. The molecule has 0 aliphatic heterocycles. The van der Waals surface area contributed by atoms with E-state index in [0.29, 0.717) is 40.2 Å². The maximum Gasteiger partial charge on any atom is 0.273 e. The number of methoxy groups -OCH3 is 2. The lowest BCUT2D eigenvalue weighted by Gasteiger charge is -2.16. The van der Waals surface area contributed by atoms with Gasteiger partial charge in [-0.05, 0) is 42.3 Å². The van der Waals surface area contributed by atoms with Gasteiger partial charge in [0.2, 0.25) is 0 Å². The number of carbonyl (C=O) groups is 2. The highest BCUT2D eigenvalue weighted by molar-refractivity contribution is 7.14. The lowest BCUT2D eigenvalue weighted by molar-refractivity contribution is 0.0791. The minimum atomic E-state index is -0.390. The zero-order chi connectivity index (χ0) is 23.3. The number of benzene rings is 2. The topological polar surface area (TPSA) is 80.8 Å². The number of rotatable bonds is 8. The van der Waals surface area contributed by atoms with E-state index in [1.807, 2.05) is 18.2 Å². The van der Waals surface area contributed by atoms with Crippen molar-refractivity contribution in [2.75, 3.05) is 33.1 Å². The van der Waals surface area contributed by atoms with Crippen LogP contribution in [0.3, 0.4) is 0 Å². The molecule has 10 heteroatoms. The van der Waals surface area contributed by atoms with Crippen molar-refractivity contribution in [2.45, 2.75) is 6.42 Å². The predicted octanol–water partition coefficient (Wildman–Crippen LogP) is 5.03. The molecule has 0 unspecified atom stereocenters. The fourth-order valence-electron chi connectivity index (χ4n) is 2.87. The number of ether oxygens (including phenoxy) is 2. The molecule has 0 saturated carbocycles. The molecular formula is C22H21Cl2N3O4S. The molecule has 0 aliphatic rings. The van der Waals surface area contributed by atoms with Crippen molar-refractivity contribution in [3.8, 4) is 11.5 Å². The van der Waals surface area contributed by atoms with Crippen molar-refractivity contribution < 1.29 is 19.1 Å². The maximum absolute atomic E-state index is 12.7. The van der Waals surface area contributed by atoms with Gasteiger partial charge in [0.15, 0.2) is 16.6 Å². The van der Waals surface area contributed by atoms with Crippen LogP contribution in [0.25, 0.3) is 0 Å². The third-order valence-corrected chi connectivity index (χ3v) is 6.15. The smallest absolute Gasteiger partial charge is 0.273 e. The normalized spacial score (nSPS) is 10.5. The number of amides is 2. The van der Waals surface area contributed by atoms with Crippen molar-refractivity contribution in [3.05, 3.63) is 68.6 Å². The lowest BCUT2D eigenvalue weighted by Crippen LogP contribution is -2.29. The number of likely N-dealkylation sites (N-methyl/N-ethyl adjacent to an activating group) is 1. The van der Waals surface area contributed by atoms with E-state index in [0.717, 1.165) is 5.56 Å². The molecule has 7 nitrogen and oxygen atoms in total. The highest BCUT2D eigenvalue weighted by atomic mass is 35.5. The van der Waals surface area contributed by atoms with Crippen molar-refractivity contribution in [3.63, 3.8) is 0 Å². The highest BCUT2D eigenvalue weighted by Gasteiger charge is 2.17. The molecule has 1 aromatic heterocycles. The summed E-state index contributed by atoms with van der Waals surface area (Å²) in [6.07, 6.45) is 0.633. The summed E-state index contributed by atoms with van der Waals surface area (Å²) < 4.78 is 10.6. The largest absolute Gasteiger partial charge is 0.493 e. The Morgan fingerprint density at radius 3 is 2.50 bits per heavy atom. The van der Waals surface area contributed by atoms with Gasteiger partial charge in [-0.2, -0.15) is 0 Å². The number of aromatic nitrogens is 1. The van der Waals surface area contributed by atoms with Crippen LogP contribution in [0.15, 0.2) is 41.8 Å². The van der Waals surface area contributed by atoms with E-state index in [4.69, 9.17) is 32.7 Å². The number of hydrogen-bond acceptors (Lipinski definition) is 6. The monoisotopic (exact) mass is 493 g/mol. The summed E-state index contributed by atoms with van der Waals surface area (Å²) in [4.78, 5) is 30.9. The van der Waals surface area contributed by atoms with Crippen LogP contribution in [0.2, 0.25) is 10.0 Å². The summed E-state index contributed by atoms with van der Waals surface area (Å²) >= 11 is 13.0. The third-order valence-electron chi connectivity index (χ3n) is 4.66. The molecule has 0 atom stereocenters. The van der Waals surface area contributed by atoms with Crippen LogP contribution in [0.1, 0.15) is 26.4 Å². The number of hydrogen-bond donors (Lipinski definition) is 1. The van der Waals surface area contributed by atoms with Gasteiger partial charge in [0.05, 0.1) is 24.3 Å². The molecule has 2 aromatic carbocycles. The fraction of sp³-hybridized carbons (Fsp3) is 0.227. The molecule has 0 spiro atoms. The van der Waals surface area contributed by atoms with E-state index < -0.39 is 5.91 Å². The molecule has 0 bridgehead atoms. The standard InChI is InChI=1S/C22H21Cl2N3O4S/c1-27(9-8-13-4-7-18(30-2)19(10-13)31-3)21(29)17-12-32-22(25-17)26-20(28)14-5-6-15(23)16(24)11-14/h4-7,10-12H,8-9H2,1-3H3,(H,25,26,28). The molecule has 0 aliphatic carbocycles. The first kappa shape index (κ1) is 23.8. The van der Waals surface area contributed by atoms with Gasteiger partial charge in [-0.25, -0.2) is 4.98 Å². The summed E-state index contributed by atoms with van der Waals surface area (Å²) in [5.41, 5.74) is 1.61. The summed E-state index contributed by atoms with van der Waals surface area (Å²) in [5.74, 6) is 0.662. The van der Waals surface area contributed by atoms with E-state index in [1.165, 1.54) is 17.4 Å². The Labute approximate surface area is 199 Å². The van der Waals surface area contributed by atoms with E-state index in [1.54, 1.807) is 43.7 Å². The van der Waals surface area contributed by atoms with Gasteiger partial charge in [-0.3, -0.25) is 14.9 Å². The Morgan fingerprint density at radius 1 is 1.06 bits per heavy atom. The minimum absolute atomic E-state index is 0.239. The molecule has 1 N–H and O–H groups in total. The van der Waals surface area contributed by atoms with Gasteiger partial charge >= 0.3 is 0 Å². The van der Waals surface area contributed by atoms with E-state index >= 15 is 0 Å². The summed E-state index contributed by atoms with van der Waals surface area (Å²) in [6.45, 7) is 0.483. The average Bonchev–Trinajstić information content (AvgIpc) is 3.26. The molecule has 3 aromatic rings. The molecule has 32 heavy (non-hydrogen) atoms. The molecule has 0 saturated heterocycles. The number of thiazole rings is 1. The second kappa shape index (κ2) is 10.7. The van der Waals surface area contributed by atoms with Crippen LogP contribution < -0.4 is 14.8 Å². The SMILES string of the molecule is COc1ccc(CCN(C)C(=O)c2csc(NC(=O)c3ccc(Cl)c(Cl)c3)n2)cc1OC. The predicted molar refractivity (Wildman–Crippen MR) is 127 cm³/mol. The summed E-state index contributed by atoms with van der Waals surface area (Å²) in [6, 6.07) is 10.2. The highest BCUT2D eigenvalue weighted by Crippen LogP contribution is 2.28. The Balaban J connectivity index is 1.59. The number of carbonyl (C=O) groups excluding carboxylic acids is 2. The van der Waals surface area contributed by atoms with Gasteiger partial charge in [-0.15, -0.1) is 11.3 Å². The van der Waals surface area contributed by atoms with Gasteiger partial charge in [-0.1, -0.05) is 29.3 Å². The summed E-state index contributed by atoms with van der Waals surface area (Å²) in [5, 5.41) is 5.24. The van der Waals surface area contributed by atoms with Crippen LogP contribution in [-0.2, 0) is 6.42 Å². The number of anilines is 1. The first-order valence-electron chi connectivity index (χ1n) is 9.50. The average molecular weight is 494 g/mol. The molecule has 2 amide bonds. The summed E-state index contributed by atoms with van der Waals surface area (Å²) in [7, 11) is 4.87. The second-order valence-electron chi connectivity index (χ2n) is 6.79. The molecular weight excluding hydrogens is 473 g/mol. The van der Waals surface area contributed by atoms with Crippen LogP contribution in [-0.4, -0.2) is 49.5 Å². The van der Waals surface area contributed by atoms with Crippen LogP contribution >= 0.6 is 34.5 Å². The molecule has 0 radical (unpaired) electrons.